The Bertz CT molecular complexity index is 597. The van der Waals surface area contributed by atoms with E-state index in [4.69, 9.17) is 16.3 Å². The minimum Gasteiger partial charge on any atom is -0.467 e. The van der Waals surface area contributed by atoms with Crippen molar-refractivity contribution in [1.29, 1.82) is 0 Å². The summed E-state index contributed by atoms with van der Waals surface area (Å²) < 4.78 is 30.6. The molecule has 0 unspecified atom stereocenters. The van der Waals surface area contributed by atoms with E-state index in [2.05, 4.69) is 20.3 Å². The molecule has 1 N–H and O–H groups in total. The fraction of sp³-hybridized carbons (Fsp3) is 0.182. The van der Waals surface area contributed by atoms with Gasteiger partial charge in [-0.25, -0.2) is 8.78 Å². The summed E-state index contributed by atoms with van der Waals surface area (Å²) in [5, 5.41) is 2.78. The summed E-state index contributed by atoms with van der Waals surface area (Å²) in [5.41, 5.74) is 0.536. The van der Waals surface area contributed by atoms with Crippen molar-refractivity contribution in [2.24, 2.45) is 0 Å². The van der Waals surface area contributed by atoms with Crippen LogP contribution < -0.4 is 10.1 Å². The first-order valence-electron chi connectivity index (χ1n) is 5.22. The lowest BCUT2D eigenvalue weighted by atomic mass is 10.2. The van der Waals surface area contributed by atoms with Crippen molar-refractivity contribution < 1.29 is 13.5 Å². The quantitative estimate of drug-likeness (QED) is 0.935. The molecule has 1 aromatic heterocycles. The van der Waals surface area contributed by atoms with Crippen molar-refractivity contribution >= 4 is 17.5 Å². The maximum atomic E-state index is 13.0. The zero-order valence-corrected chi connectivity index (χ0v) is 10.6. The third kappa shape index (κ3) is 3.47. The van der Waals surface area contributed by atoms with Crippen molar-refractivity contribution in [2.75, 3.05) is 12.4 Å². The molecule has 5 nitrogen and oxygen atoms in total. The van der Waals surface area contributed by atoms with Crippen LogP contribution in [0.25, 0.3) is 0 Å². The fourth-order valence-electron chi connectivity index (χ4n) is 1.33. The molecule has 0 spiro atoms. The summed E-state index contributed by atoms with van der Waals surface area (Å²) in [6.45, 7) is 0.209. The molecule has 0 aliphatic heterocycles. The first-order valence-corrected chi connectivity index (χ1v) is 5.59. The van der Waals surface area contributed by atoms with Gasteiger partial charge in [0.05, 0.1) is 7.11 Å². The van der Waals surface area contributed by atoms with Gasteiger partial charge in [-0.3, -0.25) is 0 Å². The van der Waals surface area contributed by atoms with Crippen LogP contribution in [0.1, 0.15) is 5.56 Å². The van der Waals surface area contributed by atoms with Gasteiger partial charge in [-0.05, 0) is 29.3 Å². The highest BCUT2D eigenvalue weighted by Gasteiger charge is 2.06. The largest absolute Gasteiger partial charge is 0.467 e. The average molecular weight is 287 g/mol. The molecule has 0 atom stereocenters. The summed E-state index contributed by atoms with van der Waals surface area (Å²) in [5.74, 6) is -1.62. The first kappa shape index (κ1) is 13.4. The molecular weight excluding hydrogens is 278 g/mol. The van der Waals surface area contributed by atoms with Crippen LogP contribution in [0.2, 0.25) is 5.28 Å². The Labute approximate surface area is 112 Å². The van der Waals surface area contributed by atoms with Crippen LogP contribution in [0, 0.1) is 11.6 Å². The van der Waals surface area contributed by atoms with Crippen LogP contribution in [0.4, 0.5) is 14.7 Å². The molecule has 0 saturated heterocycles. The lowest BCUT2D eigenvalue weighted by molar-refractivity contribution is 0.379. The van der Waals surface area contributed by atoms with E-state index >= 15 is 0 Å². The van der Waals surface area contributed by atoms with Gasteiger partial charge in [0, 0.05) is 6.54 Å². The number of nitrogens with zero attached hydrogens (tertiary/aromatic N) is 3. The number of benzene rings is 1. The van der Waals surface area contributed by atoms with Gasteiger partial charge in [0.2, 0.25) is 11.2 Å². The SMILES string of the molecule is COc1nc(Cl)nc(NCc2ccc(F)c(F)c2)n1. The zero-order valence-electron chi connectivity index (χ0n) is 9.82. The third-order valence-corrected chi connectivity index (χ3v) is 2.37. The Balaban J connectivity index is 2.09. The highest BCUT2D eigenvalue weighted by atomic mass is 35.5. The van der Waals surface area contributed by atoms with Crippen LogP contribution in [0.15, 0.2) is 18.2 Å². The highest BCUT2D eigenvalue weighted by molar-refractivity contribution is 6.28. The number of nitrogens with one attached hydrogen (secondary N) is 1. The standard InChI is InChI=1S/C11H9ClF2N4O/c1-19-11-17-9(12)16-10(18-11)15-5-6-2-3-7(13)8(14)4-6/h2-4H,5H2,1H3,(H,15,16,17,18). The molecule has 2 aromatic rings. The van der Waals surface area contributed by atoms with Crippen molar-refractivity contribution in [3.05, 3.63) is 40.7 Å². The van der Waals surface area contributed by atoms with E-state index < -0.39 is 11.6 Å². The molecule has 19 heavy (non-hydrogen) atoms. The maximum absolute atomic E-state index is 13.0. The topological polar surface area (TPSA) is 59.9 Å². The van der Waals surface area contributed by atoms with Gasteiger partial charge in [0.15, 0.2) is 11.6 Å². The van der Waals surface area contributed by atoms with Crippen LogP contribution in [-0.2, 0) is 6.54 Å². The summed E-state index contributed by atoms with van der Waals surface area (Å²) in [6, 6.07) is 3.65. The highest BCUT2D eigenvalue weighted by Crippen LogP contribution is 2.13. The van der Waals surface area contributed by atoms with Crippen LogP contribution >= 0.6 is 11.6 Å². The smallest absolute Gasteiger partial charge is 0.322 e. The number of halogens is 3. The number of ether oxygens (including phenoxy) is 1. The molecule has 0 amide bonds. The van der Waals surface area contributed by atoms with Crippen molar-refractivity contribution in [1.82, 2.24) is 15.0 Å². The maximum Gasteiger partial charge on any atom is 0.322 e. The summed E-state index contributed by atoms with van der Waals surface area (Å²) in [7, 11) is 1.39. The average Bonchev–Trinajstić information content (AvgIpc) is 2.39. The molecule has 1 aromatic carbocycles. The zero-order chi connectivity index (χ0) is 13.8. The van der Waals surface area contributed by atoms with E-state index in [1.807, 2.05) is 0 Å². The number of anilines is 1. The predicted molar refractivity (Wildman–Crippen MR) is 65.1 cm³/mol. The Morgan fingerprint density at radius 1 is 1.21 bits per heavy atom. The summed E-state index contributed by atoms with van der Waals surface area (Å²) >= 11 is 5.66. The van der Waals surface area contributed by atoms with E-state index in [1.165, 1.54) is 13.2 Å². The van der Waals surface area contributed by atoms with E-state index in [9.17, 15) is 8.78 Å². The second-order valence-corrected chi connectivity index (χ2v) is 3.85. The Kier molecular flexibility index (Phi) is 4.06. The molecule has 0 saturated carbocycles. The number of hydrogen-bond acceptors (Lipinski definition) is 5. The molecule has 2 rings (SSSR count). The molecule has 100 valence electrons. The Hall–Kier alpha value is -2.02. The third-order valence-electron chi connectivity index (χ3n) is 2.20. The van der Waals surface area contributed by atoms with E-state index in [1.54, 1.807) is 0 Å². The molecule has 8 heteroatoms. The van der Waals surface area contributed by atoms with Crippen molar-refractivity contribution in [3.63, 3.8) is 0 Å². The molecule has 1 heterocycles. The van der Waals surface area contributed by atoms with Crippen LogP contribution in [-0.4, -0.2) is 22.1 Å². The van der Waals surface area contributed by atoms with Gasteiger partial charge in [-0.2, -0.15) is 15.0 Å². The van der Waals surface area contributed by atoms with Gasteiger partial charge in [-0.1, -0.05) is 6.07 Å². The van der Waals surface area contributed by atoms with E-state index in [0.717, 1.165) is 12.1 Å². The van der Waals surface area contributed by atoms with Gasteiger partial charge in [-0.15, -0.1) is 0 Å². The lowest BCUT2D eigenvalue weighted by Crippen LogP contribution is -2.06. The molecule has 0 bridgehead atoms. The van der Waals surface area contributed by atoms with Crippen LogP contribution in [0.5, 0.6) is 6.01 Å². The number of methoxy groups -OCH3 is 1. The monoisotopic (exact) mass is 286 g/mol. The predicted octanol–water partition coefficient (Wildman–Crippen LogP) is 2.42. The van der Waals surface area contributed by atoms with Gasteiger partial charge in [0.25, 0.3) is 0 Å². The number of rotatable bonds is 4. The minimum absolute atomic E-state index is 0.0281. The van der Waals surface area contributed by atoms with Crippen LogP contribution in [0.3, 0.4) is 0 Å². The lowest BCUT2D eigenvalue weighted by Gasteiger charge is -2.06. The molecule has 0 aliphatic carbocycles. The summed E-state index contributed by atoms with van der Waals surface area (Å²) in [4.78, 5) is 11.4. The van der Waals surface area contributed by atoms with Gasteiger partial charge >= 0.3 is 6.01 Å². The van der Waals surface area contributed by atoms with Gasteiger partial charge in [0.1, 0.15) is 0 Å². The van der Waals surface area contributed by atoms with Gasteiger partial charge < -0.3 is 10.1 Å². The van der Waals surface area contributed by atoms with E-state index in [0.29, 0.717) is 5.56 Å². The molecular formula is C11H9ClF2N4O. The fourth-order valence-corrected chi connectivity index (χ4v) is 1.49. The van der Waals surface area contributed by atoms with Crippen molar-refractivity contribution in [3.8, 4) is 6.01 Å². The second-order valence-electron chi connectivity index (χ2n) is 3.52. The normalized spacial score (nSPS) is 10.3. The second kappa shape index (κ2) is 5.75. The first-order chi connectivity index (χ1) is 9.08. The molecule has 0 radical (unpaired) electrons. The number of aromatic nitrogens is 3. The molecule has 0 fully saturated rings. The Morgan fingerprint density at radius 2 is 2.00 bits per heavy atom. The van der Waals surface area contributed by atoms with Crippen molar-refractivity contribution in [2.45, 2.75) is 6.54 Å². The number of hydrogen-bond donors (Lipinski definition) is 1. The minimum atomic E-state index is -0.912. The Morgan fingerprint density at radius 3 is 2.68 bits per heavy atom. The van der Waals surface area contributed by atoms with E-state index in [-0.39, 0.29) is 23.8 Å². The summed E-state index contributed by atoms with van der Waals surface area (Å²) in [6.07, 6.45) is 0. The molecule has 0 aliphatic rings.